The number of hydrogen-bond acceptors (Lipinski definition) is 1. The molecule has 2 rings (SSSR count). The first-order chi connectivity index (χ1) is 8.89. The predicted octanol–water partition coefficient (Wildman–Crippen LogP) is 3.37. The van der Waals surface area contributed by atoms with E-state index in [1.807, 2.05) is 0 Å². The van der Waals surface area contributed by atoms with Gasteiger partial charge in [-0.2, -0.15) is 13.2 Å². The molecule has 1 N–H and O–H groups in total. The number of amides is 1. The van der Waals surface area contributed by atoms with E-state index in [-0.39, 0.29) is 0 Å². The Morgan fingerprint density at radius 3 is 2.58 bits per heavy atom. The first kappa shape index (κ1) is 13.8. The van der Waals surface area contributed by atoms with E-state index in [4.69, 9.17) is 0 Å². The van der Waals surface area contributed by atoms with Crippen molar-refractivity contribution in [2.24, 2.45) is 5.92 Å². The number of hydrogen-bond donors (Lipinski definition) is 1. The summed E-state index contributed by atoms with van der Waals surface area (Å²) in [6.45, 7) is 0.360. The summed E-state index contributed by atoms with van der Waals surface area (Å²) in [6.07, 6.45) is -1.78. The molecular formula is C13H13F4NO. The van der Waals surface area contributed by atoms with Crippen molar-refractivity contribution in [2.75, 3.05) is 6.54 Å². The fraction of sp³-hybridized carbons (Fsp3) is 0.462. The number of alkyl halides is 3. The molecule has 0 atom stereocenters. The topological polar surface area (TPSA) is 29.1 Å². The minimum absolute atomic E-state index is 0.360. The molecule has 104 valence electrons. The van der Waals surface area contributed by atoms with Crippen molar-refractivity contribution in [3.05, 3.63) is 35.1 Å². The van der Waals surface area contributed by atoms with Gasteiger partial charge in [0.25, 0.3) is 5.91 Å². The number of benzene rings is 1. The molecule has 1 fully saturated rings. The van der Waals surface area contributed by atoms with Crippen molar-refractivity contribution in [2.45, 2.75) is 25.4 Å². The van der Waals surface area contributed by atoms with Crippen molar-refractivity contribution < 1.29 is 22.4 Å². The van der Waals surface area contributed by atoms with Crippen LogP contribution in [0.3, 0.4) is 0 Å². The Hall–Kier alpha value is -1.59. The van der Waals surface area contributed by atoms with Gasteiger partial charge < -0.3 is 5.32 Å². The highest BCUT2D eigenvalue weighted by atomic mass is 19.4. The highest BCUT2D eigenvalue weighted by Crippen LogP contribution is 2.33. The maximum Gasteiger partial charge on any atom is 0.419 e. The largest absolute Gasteiger partial charge is 0.419 e. The molecule has 1 amide bonds. The van der Waals surface area contributed by atoms with E-state index >= 15 is 0 Å². The minimum Gasteiger partial charge on any atom is -0.352 e. The average Bonchev–Trinajstić information content (AvgIpc) is 3.11. The third-order valence-corrected chi connectivity index (χ3v) is 3.08. The van der Waals surface area contributed by atoms with Gasteiger partial charge in [0.05, 0.1) is 11.1 Å². The van der Waals surface area contributed by atoms with E-state index in [0.717, 1.165) is 31.4 Å². The fourth-order valence-electron chi connectivity index (χ4n) is 1.82. The summed E-state index contributed by atoms with van der Waals surface area (Å²) in [5.41, 5.74) is -1.98. The van der Waals surface area contributed by atoms with Crippen LogP contribution in [0.2, 0.25) is 0 Å². The molecule has 6 heteroatoms. The molecule has 0 radical (unpaired) electrons. The zero-order valence-electron chi connectivity index (χ0n) is 10.1. The van der Waals surface area contributed by atoms with E-state index < -0.39 is 29.0 Å². The average molecular weight is 275 g/mol. The van der Waals surface area contributed by atoms with Crippen LogP contribution >= 0.6 is 0 Å². The van der Waals surface area contributed by atoms with E-state index in [2.05, 4.69) is 5.32 Å². The molecule has 0 saturated heterocycles. The third-order valence-electron chi connectivity index (χ3n) is 3.08. The zero-order valence-corrected chi connectivity index (χ0v) is 10.1. The Morgan fingerprint density at radius 2 is 2.00 bits per heavy atom. The van der Waals surface area contributed by atoms with Gasteiger partial charge in [0.15, 0.2) is 0 Å². The molecule has 1 aliphatic rings. The van der Waals surface area contributed by atoms with E-state index in [1.165, 1.54) is 0 Å². The second-order valence-corrected chi connectivity index (χ2v) is 4.65. The number of halogens is 4. The summed E-state index contributed by atoms with van der Waals surface area (Å²) in [6, 6.07) is 2.70. The van der Waals surface area contributed by atoms with Crippen LogP contribution in [0.5, 0.6) is 0 Å². The molecule has 0 heterocycles. The molecule has 19 heavy (non-hydrogen) atoms. The van der Waals surface area contributed by atoms with Crippen LogP contribution in [0.25, 0.3) is 0 Å². The highest BCUT2D eigenvalue weighted by molar-refractivity contribution is 5.94. The Balaban J connectivity index is 2.08. The fourth-order valence-corrected chi connectivity index (χ4v) is 1.82. The molecule has 1 aliphatic carbocycles. The smallest absolute Gasteiger partial charge is 0.352 e. The molecule has 0 spiro atoms. The van der Waals surface area contributed by atoms with Crippen LogP contribution in [0, 0.1) is 11.7 Å². The van der Waals surface area contributed by atoms with E-state index in [1.54, 1.807) is 0 Å². The maximum atomic E-state index is 13.6. The normalized spacial score (nSPS) is 15.4. The lowest BCUT2D eigenvalue weighted by Gasteiger charge is -2.11. The molecule has 1 aromatic carbocycles. The lowest BCUT2D eigenvalue weighted by atomic mass is 10.1. The minimum atomic E-state index is -4.80. The summed E-state index contributed by atoms with van der Waals surface area (Å²) in [5.74, 6) is -1.73. The van der Waals surface area contributed by atoms with Gasteiger partial charge in [-0.15, -0.1) is 0 Å². The van der Waals surface area contributed by atoms with Crippen molar-refractivity contribution >= 4 is 5.91 Å². The molecule has 1 saturated carbocycles. The maximum absolute atomic E-state index is 13.6. The molecule has 2 nitrogen and oxygen atoms in total. The van der Waals surface area contributed by atoms with Gasteiger partial charge in [0, 0.05) is 6.54 Å². The van der Waals surface area contributed by atoms with Crippen LogP contribution in [-0.4, -0.2) is 12.5 Å². The van der Waals surface area contributed by atoms with Gasteiger partial charge in [0.2, 0.25) is 0 Å². The lowest BCUT2D eigenvalue weighted by molar-refractivity contribution is -0.140. The quantitative estimate of drug-likeness (QED) is 0.839. The lowest BCUT2D eigenvalue weighted by Crippen LogP contribution is -2.26. The standard InChI is InChI=1S/C13H13F4NO/c14-11-9(2-1-3-10(11)13(15,16)17)12(19)18-7-6-8-4-5-8/h1-3,8H,4-7H2,(H,18,19). The van der Waals surface area contributed by atoms with E-state index in [9.17, 15) is 22.4 Å². The number of carbonyl (C=O) groups excluding carboxylic acids is 1. The zero-order chi connectivity index (χ0) is 14.0. The van der Waals surface area contributed by atoms with Crippen LogP contribution < -0.4 is 5.32 Å². The molecule has 0 aliphatic heterocycles. The van der Waals surface area contributed by atoms with Gasteiger partial charge in [0.1, 0.15) is 5.82 Å². The summed E-state index contributed by atoms with van der Waals surface area (Å²) < 4.78 is 51.1. The Labute approximate surface area is 107 Å². The second-order valence-electron chi connectivity index (χ2n) is 4.65. The van der Waals surface area contributed by atoms with Crippen molar-refractivity contribution in [3.8, 4) is 0 Å². The Bertz CT molecular complexity index is 480. The summed E-state index contributed by atoms with van der Waals surface area (Å²) in [7, 11) is 0. The van der Waals surface area contributed by atoms with Gasteiger partial charge in [-0.05, 0) is 24.5 Å². The Morgan fingerprint density at radius 1 is 1.32 bits per heavy atom. The first-order valence-corrected chi connectivity index (χ1v) is 6.03. The van der Waals surface area contributed by atoms with Crippen molar-refractivity contribution in [1.82, 2.24) is 5.32 Å². The van der Waals surface area contributed by atoms with Crippen LogP contribution in [0.15, 0.2) is 18.2 Å². The monoisotopic (exact) mass is 275 g/mol. The predicted molar refractivity (Wildman–Crippen MR) is 61.1 cm³/mol. The third kappa shape index (κ3) is 3.45. The molecule has 1 aromatic rings. The van der Waals surface area contributed by atoms with Gasteiger partial charge in [-0.1, -0.05) is 18.9 Å². The summed E-state index contributed by atoms with van der Waals surface area (Å²) >= 11 is 0. The summed E-state index contributed by atoms with van der Waals surface area (Å²) in [5, 5.41) is 2.44. The summed E-state index contributed by atoms with van der Waals surface area (Å²) in [4.78, 5) is 11.6. The van der Waals surface area contributed by atoms with Crippen LogP contribution in [0.4, 0.5) is 17.6 Å². The number of rotatable bonds is 4. The number of carbonyl (C=O) groups is 1. The molecular weight excluding hydrogens is 262 g/mol. The van der Waals surface area contributed by atoms with E-state index in [0.29, 0.717) is 18.5 Å². The first-order valence-electron chi connectivity index (χ1n) is 6.03. The van der Waals surface area contributed by atoms with Crippen molar-refractivity contribution in [3.63, 3.8) is 0 Å². The van der Waals surface area contributed by atoms with Gasteiger partial charge in [-0.25, -0.2) is 4.39 Å². The molecule has 0 unspecified atom stereocenters. The highest BCUT2D eigenvalue weighted by Gasteiger charge is 2.35. The second kappa shape index (κ2) is 5.19. The van der Waals surface area contributed by atoms with Crippen LogP contribution in [-0.2, 0) is 6.18 Å². The number of nitrogens with one attached hydrogen (secondary N) is 1. The van der Waals surface area contributed by atoms with Crippen LogP contribution in [0.1, 0.15) is 35.2 Å². The molecule has 0 bridgehead atoms. The van der Waals surface area contributed by atoms with Gasteiger partial charge in [-0.3, -0.25) is 4.79 Å². The van der Waals surface area contributed by atoms with Crippen molar-refractivity contribution in [1.29, 1.82) is 0 Å². The SMILES string of the molecule is O=C(NCCC1CC1)c1cccc(C(F)(F)F)c1F. The van der Waals surface area contributed by atoms with Gasteiger partial charge >= 0.3 is 6.18 Å². The Kier molecular flexibility index (Phi) is 3.78. The molecule has 0 aromatic heterocycles.